The lowest BCUT2D eigenvalue weighted by Gasteiger charge is -2.10. The molecule has 0 aromatic heterocycles. The first kappa shape index (κ1) is 20.7. The van der Waals surface area contributed by atoms with Gasteiger partial charge in [0.1, 0.15) is 18.1 Å². The van der Waals surface area contributed by atoms with Crippen molar-refractivity contribution in [1.29, 1.82) is 0 Å². The van der Waals surface area contributed by atoms with E-state index >= 15 is 0 Å². The fourth-order valence-electron chi connectivity index (χ4n) is 2.05. The van der Waals surface area contributed by atoms with Crippen LogP contribution in [0.3, 0.4) is 0 Å². The molecule has 0 aliphatic rings. The van der Waals surface area contributed by atoms with Crippen LogP contribution in [0.2, 0.25) is 0 Å². The minimum Gasteiger partial charge on any atom is -0.491 e. The predicted molar refractivity (Wildman–Crippen MR) is 104 cm³/mol. The Bertz CT molecular complexity index is 780. The Hall–Kier alpha value is -2.58. The van der Waals surface area contributed by atoms with Crippen molar-refractivity contribution in [2.75, 3.05) is 26.9 Å². The van der Waals surface area contributed by atoms with E-state index < -0.39 is 11.8 Å². The smallest absolute Gasteiger partial charge is 0.276 e. The Labute approximate surface area is 166 Å². The van der Waals surface area contributed by atoms with E-state index in [1.54, 1.807) is 37.4 Å². The van der Waals surface area contributed by atoms with Gasteiger partial charge < -0.3 is 14.2 Å². The van der Waals surface area contributed by atoms with Crippen molar-refractivity contribution in [3.05, 3.63) is 58.1 Å². The third-order valence-electron chi connectivity index (χ3n) is 3.43. The maximum Gasteiger partial charge on any atom is 0.276 e. The lowest BCUT2D eigenvalue weighted by Crippen LogP contribution is -2.43. The van der Waals surface area contributed by atoms with Gasteiger partial charge in [0.15, 0.2) is 6.61 Å². The predicted octanol–water partition coefficient (Wildman–Crippen LogP) is 2.62. The summed E-state index contributed by atoms with van der Waals surface area (Å²) in [4.78, 5) is 23.9. The number of hydrazine groups is 1. The highest BCUT2D eigenvalue weighted by Crippen LogP contribution is 2.25. The number of hydrogen-bond acceptors (Lipinski definition) is 5. The fraction of sp³-hybridized carbons (Fsp3) is 0.263. The van der Waals surface area contributed by atoms with Crippen LogP contribution in [-0.2, 0) is 9.53 Å². The minimum absolute atomic E-state index is 0.228. The molecule has 0 unspecified atom stereocenters. The summed E-state index contributed by atoms with van der Waals surface area (Å²) in [5, 5.41) is 0. The number of carbonyl (C=O) groups excluding carboxylic acids is 2. The molecule has 0 saturated heterocycles. The molecule has 2 aromatic rings. The van der Waals surface area contributed by atoms with Crippen molar-refractivity contribution in [3.63, 3.8) is 0 Å². The van der Waals surface area contributed by atoms with Gasteiger partial charge in [0, 0.05) is 12.7 Å². The number of benzene rings is 2. The summed E-state index contributed by atoms with van der Waals surface area (Å²) in [5.41, 5.74) is 6.11. The van der Waals surface area contributed by atoms with Crippen molar-refractivity contribution in [3.8, 4) is 11.5 Å². The number of rotatable bonds is 8. The standard InChI is InChI=1S/C19H21BrN2O5/c1-13-3-8-17(16(20)11-13)27-12-18(23)21-22-19(24)14-4-6-15(7-5-14)26-10-9-25-2/h3-8,11H,9-10,12H2,1-2H3,(H,21,23)(H,22,24). The van der Waals surface area contributed by atoms with Crippen molar-refractivity contribution >= 4 is 27.7 Å². The summed E-state index contributed by atoms with van der Waals surface area (Å²) in [5.74, 6) is 0.259. The number of halogens is 1. The molecular formula is C19H21BrN2O5. The van der Waals surface area contributed by atoms with E-state index in [1.807, 2.05) is 19.1 Å². The number of aryl methyl sites for hydroxylation is 1. The summed E-state index contributed by atoms with van der Waals surface area (Å²) in [6, 6.07) is 12.1. The topological polar surface area (TPSA) is 85.9 Å². The molecule has 0 saturated carbocycles. The summed E-state index contributed by atoms with van der Waals surface area (Å²) in [6.45, 7) is 2.63. The molecule has 0 aliphatic carbocycles. The second-order valence-corrected chi connectivity index (χ2v) is 6.44. The van der Waals surface area contributed by atoms with E-state index in [1.165, 1.54) is 0 Å². The zero-order chi connectivity index (χ0) is 19.6. The van der Waals surface area contributed by atoms with Crippen LogP contribution < -0.4 is 20.3 Å². The highest BCUT2D eigenvalue weighted by atomic mass is 79.9. The SMILES string of the molecule is COCCOc1ccc(C(=O)NNC(=O)COc2ccc(C)cc2Br)cc1. The third kappa shape index (κ3) is 6.92. The quantitative estimate of drug-likeness (QED) is 0.490. The Kier molecular flexibility index (Phi) is 8.09. The molecule has 27 heavy (non-hydrogen) atoms. The van der Waals surface area contributed by atoms with Crippen LogP contribution in [0.5, 0.6) is 11.5 Å². The van der Waals surface area contributed by atoms with Crippen LogP contribution in [0.25, 0.3) is 0 Å². The molecule has 0 radical (unpaired) electrons. The average Bonchev–Trinajstić information content (AvgIpc) is 2.66. The van der Waals surface area contributed by atoms with E-state index in [-0.39, 0.29) is 6.61 Å². The first-order valence-electron chi connectivity index (χ1n) is 8.19. The number of hydrogen-bond donors (Lipinski definition) is 2. The maximum atomic E-state index is 12.1. The van der Waals surface area contributed by atoms with E-state index in [0.717, 1.165) is 10.0 Å². The van der Waals surface area contributed by atoms with E-state index in [0.29, 0.717) is 30.3 Å². The van der Waals surface area contributed by atoms with Gasteiger partial charge in [-0.25, -0.2) is 0 Å². The minimum atomic E-state index is -0.477. The molecule has 0 heterocycles. The van der Waals surface area contributed by atoms with E-state index in [2.05, 4.69) is 26.8 Å². The van der Waals surface area contributed by atoms with Crippen molar-refractivity contribution in [2.24, 2.45) is 0 Å². The molecule has 0 spiro atoms. The molecule has 8 heteroatoms. The lowest BCUT2D eigenvalue weighted by molar-refractivity contribution is -0.123. The zero-order valence-corrected chi connectivity index (χ0v) is 16.7. The molecule has 2 aromatic carbocycles. The summed E-state index contributed by atoms with van der Waals surface area (Å²) >= 11 is 3.37. The van der Waals surface area contributed by atoms with Crippen LogP contribution in [0.1, 0.15) is 15.9 Å². The van der Waals surface area contributed by atoms with Gasteiger partial charge in [-0.15, -0.1) is 0 Å². The number of nitrogens with one attached hydrogen (secondary N) is 2. The van der Waals surface area contributed by atoms with Gasteiger partial charge in [0.2, 0.25) is 0 Å². The highest BCUT2D eigenvalue weighted by molar-refractivity contribution is 9.10. The van der Waals surface area contributed by atoms with Crippen molar-refractivity contribution < 1.29 is 23.8 Å². The highest BCUT2D eigenvalue weighted by Gasteiger charge is 2.09. The lowest BCUT2D eigenvalue weighted by atomic mass is 10.2. The third-order valence-corrected chi connectivity index (χ3v) is 4.05. The monoisotopic (exact) mass is 436 g/mol. The molecule has 144 valence electrons. The van der Waals surface area contributed by atoms with Gasteiger partial charge >= 0.3 is 0 Å². The summed E-state index contributed by atoms with van der Waals surface area (Å²) in [7, 11) is 1.59. The zero-order valence-electron chi connectivity index (χ0n) is 15.1. The molecule has 0 fully saturated rings. The van der Waals surface area contributed by atoms with Crippen LogP contribution >= 0.6 is 15.9 Å². The second kappa shape index (κ2) is 10.5. The van der Waals surface area contributed by atoms with Crippen molar-refractivity contribution in [2.45, 2.75) is 6.92 Å². The van der Waals surface area contributed by atoms with Crippen LogP contribution in [-0.4, -0.2) is 38.7 Å². The van der Waals surface area contributed by atoms with Gasteiger partial charge in [0.25, 0.3) is 11.8 Å². The number of carbonyl (C=O) groups is 2. The molecule has 0 atom stereocenters. The van der Waals surface area contributed by atoms with E-state index in [9.17, 15) is 9.59 Å². The summed E-state index contributed by atoms with van der Waals surface area (Å²) in [6.07, 6.45) is 0. The van der Waals surface area contributed by atoms with Gasteiger partial charge in [-0.1, -0.05) is 6.07 Å². The fourth-order valence-corrected chi connectivity index (χ4v) is 2.65. The Morgan fingerprint density at radius 3 is 2.41 bits per heavy atom. The molecule has 0 bridgehead atoms. The Balaban J connectivity index is 1.76. The average molecular weight is 437 g/mol. The van der Waals surface area contributed by atoms with Crippen LogP contribution in [0.4, 0.5) is 0 Å². The molecule has 0 aliphatic heterocycles. The molecule has 2 N–H and O–H groups in total. The van der Waals surface area contributed by atoms with Gasteiger partial charge in [0.05, 0.1) is 11.1 Å². The molecule has 7 nitrogen and oxygen atoms in total. The normalized spacial score (nSPS) is 10.2. The van der Waals surface area contributed by atoms with E-state index in [4.69, 9.17) is 14.2 Å². The number of methoxy groups -OCH3 is 1. The maximum absolute atomic E-state index is 12.1. The van der Waals surface area contributed by atoms with Crippen molar-refractivity contribution in [1.82, 2.24) is 10.9 Å². The first-order valence-corrected chi connectivity index (χ1v) is 8.99. The summed E-state index contributed by atoms with van der Waals surface area (Å²) < 4.78 is 16.5. The largest absolute Gasteiger partial charge is 0.491 e. The molecule has 2 amide bonds. The Morgan fingerprint density at radius 1 is 1.00 bits per heavy atom. The van der Waals surface area contributed by atoms with Gasteiger partial charge in [-0.3, -0.25) is 20.4 Å². The molecule has 2 rings (SSSR count). The van der Waals surface area contributed by atoms with Gasteiger partial charge in [-0.05, 0) is 64.8 Å². The van der Waals surface area contributed by atoms with Crippen LogP contribution in [0, 0.1) is 6.92 Å². The van der Waals surface area contributed by atoms with Gasteiger partial charge in [-0.2, -0.15) is 0 Å². The second-order valence-electron chi connectivity index (χ2n) is 5.59. The van der Waals surface area contributed by atoms with Crippen LogP contribution in [0.15, 0.2) is 46.9 Å². The first-order chi connectivity index (χ1) is 13.0. The Morgan fingerprint density at radius 2 is 1.74 bits per heavy atom. The molecular weight excluding hydrogens is 416 g/mol. The number of amides is 2. The number of ether oxygens (including phenoxy) is 3.